The average molecular weight is 243 g/mol. The Morgan fingerprint density at radius 1 is 0.944 bits per heavy atom. The van der Waals surface area contributed by atoms with E-state index in [4.69, 9.17) is 0 Å². The zero-order valence-electron chi connectivity index (χ0n) is 9.34. The number of halogens is 1. The molecule has 0 aliphatic heterocycles. The van der Waals surface area contributed by atoms with E-state index in [-0.39, 0.29) is 11.5 Å². The lowest BCUT2D eigenvalue weighted by molar-refractivity contribution is 0.432. The Bertz CT molecular complexity index is 734. The molecule has 2 N–H and O–H groups in total. The van der Waals surface area contributed by atoms with Crippen LogP contribution in [0.1, 0.15) is 0 Å². The van der Waals surface area contributed by atoms with Crippen LogP contribution in [0, 0.1) is 5.82 Å². The highest BCUT2D eigenvalue weighted by atomic mass is 19.1. The zero-order valence-corrected chi connectivity index (χ0v) is 9.34. The van der Waals surface area contributed by atoms with Gasteiger partial charge in [0.2, 0.25) is 0 Å². The van der Waals surface area contributed by atoms with Crippen molar-refractivity contribution >= 4 is 10.9 Å². The minimum atomic E-state index is -0.672. The summed E-state index contributed by atoms with van der Waals surface area (Å²) in [5.74, 6) is -0.863. The summed E-state index contributed by atoms with van der Waals surface area (Å²) in [6.07, 6.45) is 1.75. The van der Waals surface area contributed by atoms with Gasteiger partial charge in [-0.2, -0.15) is 0 Å². The van der Waals surface area contributed by atoms with E-state index in [1.807, 2.05) is 6.07 Å². The van der Waals surface area contributed by atoms with E-state index in [1.165, 1.54) is 12.1 Å². The summed E-state index contributed by atoms with van der Waals surface area (Å²) < 4.78 is 15.1. The van der Waals surface area contributed by atoms with E-state index in [2.05, 4.69) is 0 Å². The Hall–Kier alpha value is -2.49. The molecule has 3 nitrogen and oxygen atoms in total. The van der Waals surface area contributed by atoms with Crippen molar-refractivity contribution in [3.8, 4) is 17.2 Å². The van der Waals surface area contributed by atoms with Crippen molar-refractivity contribution in [2.75, 3.05) is 0 Å². The fraction of sp³-hybridized carbons (Fsp3) is 0. The molecule has 18 heavy (non-hydrogen) atoms. The molecule has 0 atom stereocenters. The van der Waals surface area contributed by atoms with E-state index in [0.717, 1.165) is 5.52 Å². The molecule has 2 aromatic carbocycles. The second kappa shape index (κ2) is 3.77. The number of nitrogens with zero attached hydrogens (tertiary/aromatic N) is 1. The van der Waals surface area contributed by atoms with Gasteiger partial charge in [-0.05, 0) is 30.3 Å². The van der Waals surface area contributed by atoms with Gasteiger partial charge in [-0.3, -0.25) is 0 Å². The number of rotatable bonds is 1. The molecule has 0 bridgehead atoms. The fourth-order valence-electron chi connectivity index (χ4n) is 2.02. The summed E-state index contributed by atoms with van der Waals surface area (Å²) in [6.45, 7) is 0. The van der Waals surface area contributed by atoms with Gasteiger partial charge in [-0.15, -0.1) is 0 Å². The van der Waals surface area contributed by atoms with Gasteiger partial charge >= 0.3 is 0 Å². The van der Waals surface area contributed by atoms with Crippen LogP contribution in [-0.2, 0) is 0 Å². The van der Waals surface area contributed by atoms with Crippen LogP contribution in [0.2, 0.25) is 0 Å². The van der Waals surface area contributed by atoms with Crippen molar-refractivity contribution in [3.05, 3.63) is 54.5 Å². The minimum absolute atomic E-state index is 0.186. The summed E-state index contributed by atoms with van der Waals surface area (Å²) in [6, 6.07) is 11.1. The van der Waals surface area contributed by atoms with E-state index >= 15 is 0 Å². The van der Waals surface area contributed by atoms with Crippen LogP contribution in [0.3, 0.4) is 0 Å². The number of fused-ring (bicyclic) bond motifs is 1. The van der Waals surface area contributed by atoms with Gasteiger partial charge in [-0.1, -0.05) is 6.07 Å². The molecular formula is C14H10FNO2. The number of hydrogen-bond donors (Lipinski definition) is 2. The molecule has 0 amide bonds. The molecule has 0 saturated carbocycles. The Balaban J connectivity index is 2.25. The van der Waals surface area contributed by atoms with Crippen LogP contribution < -0.4 is 0 Å². The highest BCUT2D eigenvalue weighted by Gasteiger charge is 2.08. The minimum Gasteiger partial charge on any atom is -0.507 e. The predicted octanol–water partition coefficient (Wildman–Crippen LogP) is 3.18. The van der Waals surface area contributed by atoms with Crippen molar-refractivity contribution in [3.63, 3.8) is 0 Å². The molecule has 4 heteroatoms. The number of phenolic OH excluding ortho intramolecular Hbond substituents is 2. The maximum absolute atomic E-state index is 13.3. The highest BCUT2D eigenvalue weighted by molar-refractivity contribution is 5.87. The maximum Gasteiger partial charge on any atom is 0.166 e. The topological polar surface area (TPSA) is 45.4 Å². The molecule has 0 radical (unpaired) electrons. The molecule has 1 heterocycles. The van der Waals surface area contributed by atoms with E-state index in [9.17, 15) is 14.6 Å². The van der Waals surface area contributed by atoms with E-state index in [0.29, 0.717) is 11.1 Å². The SMILES string of the molecule is Oc1ccc(-n2ccc3c(O)cccc32)cc1F. The molecule has 1 aromatic heterocycles. The molecule has 0 aliphatic rings. The zero-order chi connectivity index (χ0) is 12.7. The predicted molar refractivity (Wildman–Crippen MR) is 66.6 cm³/mol. The second-order valence-corrected chi connectivity index (χ2v) is 4.03. The van der Waals surface area contributed by atoms with Crippen molar-refractivity contribution < 1.29 is 14.6 Å². The normalized spacial score (nSPS) is 10.9. The first-order valence-corrected chi connectivity index (χ1v) is 5.45. The quantitative estimate of drug-likeness (QED) is 0.689. The van der Waals surface area contributed by atoms with Crippen LogP contribution in [0.25, 0.3) is 16.6 Å². The Kier molecular flexibility index (Phi) is 2.23. The summed E-state index contributed by atoms with van der Waals surface area (Å²) in [7, 11) is 0. The van der Waals surface area contributed by atoms with Gasteiger partial charge < -0.3 is 14.8 Å². The first kappa shape index (κ1) is 10.7. The summed E-state index contributed by atoms with van der Waals surface area (Å²) in [5.41, 5.74) is 1.37. The van der Waals surface area contributed by atoms with E-state index < -0.39 is 5.82 Å². The molecule has 90 valence electrons. The third kappa shape index (κ3) is 1.50. The molecular weight excluding hydrogens is 233 g/mol. The molecule has 0 fully saturated rings. The lowest BCUT2D eigenvalue weighted by Gasteiger charge is -2.06. The summed E-state index contributed by atoms with van der Waals surface area (Å²) >= 11 is 0. The number of benzene rings is 2. The van der Waals surface area contributed by atoms with E-state index in [1.54, 1.807) is 35.0 Å². The smallest absolute Gasteiger partial charge is 0.166 e. The van der Waals surface area contributed by atoms with Crippen LogP contribution in [-0.4, -0.2) is 14.8 Å². The number of hydrogen-bond acceptors (Lipinski definition) is 2. The third-order valence-corrected chi connectivity index (χ3v) is 2.92. The van der Waals surface area contributed by atoms with Crippen molar-refractivity contribution in [1.29, 1.82) is 0 Å². The molecule has 0 aliphatic carbocycles. The molecule has 0 spiro atoms. The van der Waals surface area contributed by atoms with Gasteiger partial charge in [0.1, 0.15) is 5.75 Å². The molecule has 3 aromatic rings. The van der Waals surface area contributed by atoms with Crippen LogP contribution in [0.4, 0.5) is 4.39 Å². The summed E-state index contributed by atoms with van der Waals surface area (Å²) in [4.78, 5) is 0. The largest absolute Gasteiger partial charge is 0.507 e. The highest BCUT2D eigenvalue weighted by Crippen LogP contribution is 2.28. The Morgan fingerprint density at radius 2 is 1.78 bits per heavy atom. The van der Waals surface area contributed by atoms with Crippen molar-refractivity contribution in [2.24, 2.45) is 0 Å². The van der Waals surface area contributed by atoms with Gasteiger partial charge in [0.15, 0.2) is 11.6 Å². The maximum atomic E-state index is 13.3. The Labute approximate surface area is 102 Å². The number of aromatic nitrogens is 1. The average Bonchev–Trinajstić information content (AvgIpc) is 2.78. The molecule has 0 unspecified atom stereocenters. The lowest BCUT2D eigenvalue weighted by Crippen LogP contribution is -1.92. The summed E-state index contributed by atoms with van der Waals surface area (Å²) in [5, 5.41) is 19.6. The van der Waals surface area contributed by atoms with Crippen LogP contribution in [0.15, 0.2) is 48.7 Å². The van der Waals surface area contributed by atoms with Crippen molar-refractivity contribution in [1.82, 2.24) is 4.57 Å². The standard InChI is InChI=1S/C14H10FNO2/c15-11-8-9(4-5-14(11)18)16-7-6-10-12(16)2-1-3-13(10)17/h1-8,17-18H. The van der Waals surface area contributed by atoms with Gasteiger partial charge in [0.25, 0.3) is 0 Å². The third-order valence-electron chi connectivity index (χ3n) is 2.92. The molecule has 0 saturated heterocycles. The van der Waals surface area contributed by atoms with Crippen LogP contribution in [0.5, 0.6) is 11.5 Å². The number of aromatic hydroxyl groups is 2. The lowest BCUT2D eigenvalue weighted by atomic mass is 10.2. The Morgan fingerprint density at radius 3 is 2.56 bits per heavy atom. The van der Waals surface area contributed by atoms with Gasteiger partial charge in [-0.25, -0.2) is 4.39 Å². The second-order valence-electron chi connectivity index (χ2n) is 4.03. The van der Waals surface area contributed by atoms with Crippen molar-refractivity contribution in [2.45, 2.75) is 0 Å². The fourth-order valence-corrected chi connectivity index (χ4v) is 2.02. The molecule has 3 rings (SSSR count). The van der Waals surface area contributed by atoms with Gasteiger partial charge in [0, 0.05) is 23.3 Å². The number of phenols is 2. The first-order valence-electron chi connectivity index (χ1n) is 5.45. The van der Waals surface area contributed by atoms with Gasteiger partial charge in [0.05, 0.1) is 5.52 Å². The monoisotopic (exact) mass is 243 g/mol. The first-order chi connectivity index (χ1) is 8.66. The van der Waals surface area contributed by atoms with Crippen LogP contribution >= 0.6 is 0 Å².